The highest BCUT2D eigenvalue weighted by atomic mass is 16.5. The first-order valence-corrected chi connectivity index (χ1v) is 18.0. The van der Waals surface area contributed by atoms with E-state index in [4.69, 9.17) is 14.2 Å². The molecule has 5 aliphatic carbocycles. The van der Waals surface area contributed by atoms with E-state index in [0.717, 1.165) is 44.1 Å². The molecule has 0 radical (unpaired) electrons. The van der Waals surface area contributed by atoms with Crippen LogP contribution in [0.2, 0.25) is 0 Å². The van der Waals surface area contributed by atoms with E-state index in [2.05, 4.69) is 41.5 Å². The van der Waals surface area contributed by atoms with Gasteiger partial charge in [-0.25, -0.2) is 4.79 Å². The fourth-order valence-corrected chi connectivity index (χ4v) is 11.9. The maximum atomic E-state index is 14.6. The number of fused-ring (bicyclic) bond motifs is 7. The Balaban J connectivity index is 1.27. The second-order valence-electron chi connectivity index (χ2n) is 17.8. The average Bonchev–Trinajstić information content (AvgIpc) is 3.03. The van der Waals surface area contributed by atoms with Crippen LogP contribution in [0.25, 0.3) is 6.08 Å². The normalized spacial score (nSPS) is 41.6. The highest BCUT2D eigenvalue weighted by Gasteiger charge is 2.70. The number of rotatable bonds is 6. The lowest BCUT2D eigenvalue weighted by atomic mass is 9.33. The van der Waals surface area contributed by atoms with Crippen LogP contribution in [-0.4, -0.2) is 43.2 Å². The van der Waals surface area contributed by atoms with E-state index in [1.165, 1.54) is 11.6 Å². The van der Waals surface area contributed by atoms with Crippen molar-refractivity contribution in [1.29, 1.82) is 0 Å². The average molecular weight is 661 g/mol. The number of aliphatic carboxylic acids is 1. The van der Waals surface area contributed by atoms with Crippen molar-refractivity contribution in [3.63, 3.8) is 0 Å². The molecular weight excluding hydrogens is 604 g/mol. The van der Waals surface area contributed by atoms with Gasteiger partial charge in [0.05, 0.1) is 19.6 Å². The molecular formula is C41H56O7. The number of allylic oxidation sites excluding steroid dienone is 2. The predicted molar refractivity (Wildman–Crippen MR) is 186 cm³/mol. The van der Waals surface area contributed by atoms with E-state index < -0.39 is 11.4 Å². The fourth-order valence-electron chi connectivity index (χ4n) is 11.9. The number of ketones is 1. The van der Waals surface area contributed by atoms with Gasteiger partial charge in [-0.15, -0.1) is 0 Å². The molecule has 262 valence electrons. The minimum Gasteiger partial charge on any atom is -0.497 e. The van der Waals surface area contributed by atoms with Gasteiger partial charge < -0.3 is 19.3 Å². The molecule has 0 aromatic heterocycles. The van der Waals surface area contributed by atoms with E-state index in [-0.39, 0.29) is 62.7 Å². The fraction of sp³-hybridized carbons (Fsp3) is 0.683. The Kier molecular flexibility index (Phi) is 8.32. The third kappa shape index (κ3) is 4.99. The zero-order valence-corrected chi connectivity index (χ0v) is 30.5. The Morgan fingerprint density at radius 2 is 1.60 bits per heavy atom. The Morgan fingerprint density at radius 1 is 0.896 bits per heavy atom. The molecule has 48 heavy (non-hydrogen) atoms. The van der Waals surface area contributed by atoms with Crippen LogP contribution in [0.4, 0.5) is 0 Å². The first-order valence-electron chi connectivity index (χ1n) is 18.0. The maximum Gasteiger partial charge on any atom is 0.331 e. The first kappa shape index (κ1) is 34.8. The van der Waals surface area contributed by atoms with Crippen molar-refractivity contribution in [3.05, 3.63) is 41.5 Å². The van der Waals surface area contributed by atoms with Gasteiger partial charge in [0.2, 0.25) is 0 Å². The van der Waals surface area contributed by atoms with Gasteiger partial charge in [0, 0.05) is 23.0 Å². The maximum absolute atomic E-state index is 14.6. The molecule has 0 heterocycles. The van der Waals surface area contributed by atoms with Gasteiger partial charge in [-0.1, -0.05) is 47.1 Å². The summed E-state index contributed by atoms with van der Waals surface area (Å²) >= 11 is 0. The van der Waals surface area contributed by atoms with E-state index >= 15 is 0 Å². The second kappa shape index (κ2) is 11.5. The van der Waals surface area contributed by atoms with Crippen molar-refractivity contribution < 1.29 is 33.7 Å². The lowest BCUT2D eigenvalue weighted by molar-refractivity contribution is -0.209. The summed E-state index contributed by atoms with van der Waals surface area (Å²) in [5, 5.41) is 10.2. The molecule has 0 aliphatic heterocycles. The Morgan fingerprint density at radius 3 is 2.27 bits per heavy atom. The number of esters is 1. The molecule has 6 rings (SSSR count). The standard InChI is InChI=1S/C41H56O7/c1-36(2)31-14-17-41(7)34(29(42)23-27-28-24-38(4,35(44)45)19-18-37(28,3)20-21-40(27,41)6)39(31,5)16-15-32(36)48-33(43)13-10-25-22-26(46-8)11-12-30(25)47-9/h10-13,22-23,28,31-32,34H,14-21,24H2,1-9H3,(H,44,45)/b13-10+/t28-,31-,32-,34+,37+,38-,39-,40+,41+/m0/s1. The molecule has 4 saturated carbocycles. The van der Waals surface area contributed by atoms with Crippen molar-refractivity contribution in [3.8, 4) is 11.5 Å². The van der Waals surface area contributed by atoms with Gasteiger partial charge >= 0.3 is 11.9 Å². The van der Waals surface area contributed by atoms with E-state index in [1.54, 1.807) is 20.3 Å². The summed E-state index contributed by atoms with van der Waals surface area (Å²) in [5.41, 5.74) is 0.273. The molecule has 0 bridgehead atoms. The molecule has 0 saturated heterocycles. The number of methoxy groups -OCH3 is 2. The Labute approximate surface area is 286 Å². The quantitative estimate of drug-likeness (QED) is 0.241. The lowest BCUT2D eigenvalue weighted by Crippen LogP contribution is -2.66. The number of carbonyl (C=O) groups excluding carboxylic acids is 2. The van der Waals surface area contributed by atoms with E-state index in [0.29, 0.717) is 30.8 Å². The van der Waals surface area contributed by atoms with Gasteiger partial charge in [-0.2, -0.15) is 0 Å². The van der Waals surface area contributed by atoms with Crippen molar-refractivity contribution in [2.24, 2.45) is 50.2 Å². The van der Waals surface area contributed by atoms with Gasteiger partial charge in [-0.05, 0) is 129 Å². The van der Waals surface area contributed by atoms with Crippen LogP contribution in [-0.2, 0) is 19.1 Å². The van der Waals surface area contributed by atoms with Crippen LogP contribution in [0.3, 0.4) is 0 Å². The zero-order chi connectivity index (χ0) is 35.1. The Bertz CT molecular complexity index is 1570. The van der Waals surface area contributed by atoms with Crippen LogP contribution < -0.4 is 9.47 Å². The lowest BCUT2D eigenvalue weighted by Gasteiger charge is -2.70. The summed E-state index contributed by atoms with van der Waals surface area (Å²) in [6, 6.07) is 5.45. The third-order valence-corrected chi connectivity index (χ3v) is 15.1. The predicted octanol–water partition coefficient (Wildman–Crippen LogP) is 8.69. The van der Waals surface area contributed by atoms with E-state index in [1.807, 2.05) is 31.2 Å². The van der Waals surface area contributed by atoms with Crippen LogP contribution >= 0.6 is 0 Å². The van der Waals surface area contributed by atoms with Gasteiger partial charge in [-0.3, -0.25) is 9.59 Å². The molecule has 1 aromatic carbocycles. The zero-order valence-electron chi connectivity index (χ0n) is 30.5. The number of ether oxygens (including phenoxy) is 3. The molecule has 4 fully saturated rings. The molecule has 0 unspecified atom stereocenters. The second-order valence-corrected chi connectivity index (χ2v) is 17.8. The summed E-state index contributed by atoms with van der Waals surface area (Å²) in [4.78, 5) is 40.3. The summed E-state index contributed by atoms with van der Waals surface area (Å²) in [6.45, 7) is 15.8. The summed E-state index contributed by atoms with van der Waals surface area (Å²) in [5.74, 6) is 0.623. The summed E-state index contributed by atoms with van der Waals surface area (Å²) in [6.07, 6.45) is 12.6. The number of carbonyl (C=O) groups is 3. The first-order chi connectivity index (χ1) is 22.4. The molecule has 5 aliphatic rings. The number of hydrogen-bond acceptors (Lipinski definition) is 6. The minimum atomic E-state index is -0.761. The highest BCUT2D eigenvalue weighted by molar-refractivity contribution is 5.96. The molecule has 1 N–H and O–H groups in total. The number of hydrogen-bond donors (Lipinski definition) is 1. The van der Waals surface area contributed by atoms with E-state index in [9.17, 15) is 19.5 Å². The molecule has 0 spiro atoms. The number of benzene rings is 1. The summed E-state index contributed by atoms with van der Waals surface area (Å²) in [7, 11) is 3.20. The van der Waals surface area contributed by atoms with Gasteiger partial charge in [0.25, 0.3) is 0 Å². The largest absolute Gasteiger partial charge is 0.497 e. The van der Waals surface area contributed by atoms with Crippen molar-refractivity contribution in [2.45, 2.75) is 112 Å². The number of carboxylic acid groups (broad SMARTS) is 1. The van der Waals surface area contributed by atoms with Crippen LogP contribution in [0.1, 0.15) is 112 Å². The molecule has 1 aromatic rings. The van der Waals surface area contributed by atoms with Crippen LogP contribution in [0, 0.1) is 50.2 Å². The molecule has 0 amide bonds. The summed E-state index contributed by atoms with van der Waals surface area (Å²) < 4.78 is 17.0. The number of carboxylic acids is 1. The van der Waals surface area contributed by atoms with Crippen molar-refractivity contribution >= 4 is 23.8 Å². The van der Waals surface area contributed by atoms with Crippen LogP contribution in [0.5, 0.6) is 11.5 Å². The molecule has 7 nitrogen and oxygen atoms in total. The Hall–Kier alpha value is -3.09. The molecule has 9 atom stereocenters. The SMILES string of the molecule is COc1ccc(OC)c(/C=C/C(=O)O[C@H]2CC[C@]3(C)[C@H]4C(=O)C=C5[C@@H]6C[C@@](C)(C(=O)O)CC[C@]6(C)CC[C@@]5(C)[C@]4(C)CC[C@H]3C2(C)C)c1. The smallest absolute Gasteiger partial charge is 0.331 e. The monoisotopic (exact) mass is 660 g/mol. The van der Waals surface area contributed by atoms with Gasteiger partial charge in [0.1, 0.15) is 17.6 Å². The van der Waals surface area contributed by atoms with Crippen molar-refractivity contribution in [2.75, 3.05) is 14.2 Å². The van der Waals surface area contributed by atoms with Crippen molar-refractivity contribution in [1.82, 2.24) is 0 Å². The highest BCUT2D eigenvalue weighted by Crippen LogP contribution is 2.75. The topological polar surface area (TPSA) is 99.1 Å². The third-order valence-electron chi connectivity index (χ3n) is 15.1. The molecule has 7 heteroatoms. The van der Waals surface area contributed by atoms with Gasteiger partial charge in [0.15, 0.2) is 5.78 Å². The van der Waals surface area contributed by atoms with Crippen LogP contribution in [0.15, 0.2) is 35.9 Å². The minimum absolute atomic E-state index is 0.0287.